The number of amides is 1. The van der Waals surface area contributed by atoms with Crippen LogP contribution in [0.25, 0.3) is 0 Å². The number of nitrogens with one attached hydrogen (secondary N) is 2. The van der Waals surface area contributed by atoms with Crippen LogP contribution in [0.2, 0.25) is 0 Å². The molecule has 27 heavy (non-hydrogen) atoms. The zero-order valence-corrected chi connectivity index (χ0v) is 15.9. The summed E-state index contributed by atoms with van der Waals surface area (Å²) in [6.07, 6.45) is -4.81. The van der Waals surface area contributed by atoms with Gasteiger partial charge in [-0.15, -0.1) is 24.5 Å². The lowest BCUT2D eigenvalue weighted by Gasteiger charge is -2.21. The number of thiophene rings is 1. The van der Waals surface area contributed by atoms with Gasteiger partial charge in [-0.2, -0.15) is 4.72 Å². The number of ether oxygens (including phenoxy) is 1. The van der Waals surface area contributed by atoms with Gasteiger partial charge >= 0.3 is 6.36 Å². The van der Waals surface area contributed by atoms with E-state index in [0.717, 1.165) is 23.5 Å². The van der Waals surface area contributed by atoms with Crippen LogP contribution >= 0.6 is 11.3 Å². The highest BCUT2D eigenvalue weighted by atomic mass is 32.2. The van der Waals surface area contributed by atoms with Crippen molar-refractivity contribution in [2.45, 2.75) is 30.5 Å². The molecule has 0 saturated heterocycles. The third-order valence-corrected chi connectivity index (χ3v) is 6.19. The Morgan fingerprint density at radius 1 is 1.15 bits per heavy atom. The van der Waals surface area contributed by atoms with Crippen LogP contribution in [0.3, 0.4) is 0 Å². The molecule has 0 fully saturated rings. The monoisotopic (exact) mass is 422 g/mol. The van der Waals surface area contributed by atoms with E-state index in [0.29, 0.717) is 0 Å². The number of halogens is 3. The zero-order chi connectivity index (χ0) is 20.2. The van der Waals surface area contributed by atoms with Crippen LogP contribution in [0.5, 0.6) is 5.75 Å². The Labute approximate surface area is 158 Å². The number of alkyl halides is 3. The van der Waals surface area contributed by atoms with E-state index in [1.165, 1.54) is 18.2 Å². The van der Waals surface area contributed by atoms with Crippen molar-refractivity contribution in [2.75, 3.05) is 5.32 Å². The summed E-state index contributed by atoms with van der Waals surface area (Å²) in [6, 6.07) is 6.47. The summed E-state index contributed by atoms with van der Waals surface area (Å²) in [4.78, 5) is 12.5. The highest BCUT2D eigenvalue weighted by Gasteiger charge is 2.31. The van der Waals surface area contributed by atoms with E-state index in [1.807, 2.05) is 0 Å². The van der Waals surface area contributed by atoms with Gasteiger partial charge in [-0.3, -0.25) is 4.79 Å². The van der Waals surface area contributed by atoms with Gasteiger partial charge in [0.25, 0.3) is 10.0 Å². The minimum absolute atomic E-state index is 0.0783. The fourth-order valence-electron chi connectivity index (χ4n) is 2.09. The zero-order valence-electron chi connectivity index (χ0n) is 14.3. The number of carbonyl (C=O) groups excluding carboxylic acids is 1. The van der Waals surface area contributed by atoms with Crippen LogP contribution < -0.4 is 14.8 Å². The molecule has 1 unspecified atom stereocenters. The predicted molar refractivity (Wildman–Crippen MR) is 95.0 cm³/mol. The second-order valence-corrected chi connectivity index (χ2v) is 8.73. The molecule has 0 aliphatic carbocycles. The van der Waals surface area contributed by atoms with E-state index in [4.69, 9.17) is 0 Å². The van der Waals surface area contributed by atoms with Gasteiger partial charge in [-0.05, 0) is 41.6 Å². The number of anilines is 1. The molecule has 1 aromatic carbocycles. The normalized spacial score (nSPS) is 13.4. The van der Waals surface area contributed by atoms with Gasteiger partial charge in [0.2, 0.25) is 5.91 Å². The van der Waals surface area contributed by atoms with Crippen molar-refractivity contribution in [3.8, 4) is 5.75 Å². The number of hydrogen-bond acceptors (Lipinski definition) is 5. The minimum Gasteiger partial charge on any atom is -0.406 e. The number of hydrogen-bond donors (Lipinski definition) is 2. The van der Waals surface area contributed by atoms with Crippen molar-refractivity contribution in [3.63, 3.8) is 0 Å². The Balaban J connectivity index is 2.09. The number of carbonyl (C=O) groups is 1. The van der Waals surface area contributed by atoms with Gasteiger partial charge in [-0.25, -0.2) is 8.42 Å². The molecular weight excluding hydrogens is 405 g/mol. The standard InChI is InChI=1S/C16H17F3N2O4S2/c1-10(2)14(21-27(23,24)13-4-3-9-26-13)15(22)20-11-5-7-12(8-6-11)25-16(17,18)19/h3-10,14,21H,1-2H3,(H,20,22). The van der Waals surface area contributed by atoms with Gasteiger partial charge < -0.3 is 10.1 Å². The lowest BCUT2D eigenvalue weighted by atomic mass is 10.0. The molecule has 2 N–H and O–H groups in total. The summed E-state index contributed by atoms with van der Waals surface area (Å²) in [6.45, 7) is 3.34. The maximum absolute atomic E-state index is 12.5. The molecule has 1 atom stereocenters. The molecule has 2 rings (SSSR count). The molecule has 0 aliphatic rings. The fourth-order valence-corrected chi connectivity index (χ4v) is 4.45. The molecule has 0 aliphatic heterocycles. The van der Waals surface area contributed by atoms with Crippen LogP contribution in [0, 0.1) is 5.92 Å². The Hall–Kier alpha value is -2.11. The van der Waals surface area contributed by atoms with Crippen LogP contribution in [-0.2, 0) is 14.8 Å². The van der Waals surface area contributed by atoms with E-state index in [2.05, 4.69) is 14.8 Å². The average Bonchev–Trinajstić information content (AvgIpc) is 3.08. The molecule has 1 amide bonds. The van der Waals surface area contributed by atoms with Gasteiger partial charge in [0.05, 0.1) is 0 Å². The molecule has 148 valence electrons. The molecule has 0 radical (unpaired) electrons. The van der Waals surface area contributed by atoms with Crippen molar-refractivity contribution in [1.29, 1.82) is 0 Å². The van der Waals surface area contributed by atoms with Crippen LogP contribution in [0.15, 0.2) is 46.0 Å². The molecule has 1 heterocycles. The largest absolute Gasteiger partial charge is 0.573 e. The third-order valence-electron chi connectivity index (χ3n) is 3.35. The maximum atomic E-state index is 12.5. The summed E-state index contributed by atoms with van der Waals surface area (Å²) < 4.78 is 67.4. The Bertz CT molecular complexity index is 864. The molecule has 0 saturated carbocycles. The molecule has 1 aromatic heterocycles. The summed E-state index contributed by atoms with van der Waals surface area (Å²) >= 11 is 1.02. The van der Waals surface area contributed by atoms with Gasteiger partial charge in [0, 0.05) is 5.69 Å². The second kappa shape index (κ2) is 8.28. The predicted octanol–water partition coefficient (Wildman–Crippen LogP) is 3.59. The molecule has 0 spiro atoms. The van der Waals surface area contributed by atoms with E-state index in [9.17, 15) is 26.4 Å². The van der Waals surface area contributed by atoms with E-state index in [1.54, 1.807) is 25.3 Å². The van der Waals surface area contributed by atoms with E-state index >= 15 is 0 Å². The van der Waals surface area contributed by atoms with Crippen molar-refractivity contribution in [1.82, 2.24) is 4.72 Å². The maximum Gasteiger partial charge on any atom is 0.573 e. The quantitative estimate of drug-likeness (QED) is 0.714. The summed E-state index contributed by atoms with van der Waals surface area (Å²) in [5, 5.41) is 4.08. The molecule has 0 bridgehead atoms. The van der Waals surface area contributed by atoms with Crippen molar-refractivity contribution in [2.24, 2.45) is 5.92 Å². The summed E-state index contributed by atoms with van der Waals surface area (Å²) in [7, 11) is -3.86. The lowest BCUT2D eigenvalue weighted by molar-refractivity contribution is -0.274. The molecule has 11 heteroatoms. The van der Waals surface area contributed by atoms with E-state index in [-0.39, 0.29) is 15.8 Å². The highest BCUT2D eigenvalue weighted by Crippen LogP contribution is 2.24. The van der Waals surface area contributed by atoms with Crippen LogP contribution in [-0.4, -0.2) is 26.7 Å². The fraction of sp³-hybridized carbons (Fsp3) is 0.312. The first-order valence-electron chi connectivity index (χ1n) is 7.70. The first-order chi connectivity index (χ1) is 12.5. The van der Waals surface area contributed by atoms with Crippen molar-refractivity contribution in [3.05, 3.63) is 41.8 Å². The number of sulfonamides is 1. The first-order valence-corrected chi connectivity index (χ1v) is 10.1. The highest BCUT2D eigenvalue weighted by molar-refractivity contribution is 7.91. The van der Waals surface area contributed by atoms with Gasteiger partial charge in [0.15, 0.2) is 0 Å². The second-order valence-electron chi connectivity index (χ2n) is 5.84. The summed E-state index contributed by atoms with van der Waals surface area (Å²) in [5.41, 5.74) is 0.204. The number of rotatable bonds is 7. The molecule has 2 aromatic rings. The van der Waals surface area contributed by atoms with Crippen molar-refractivity contribution < 1.29 is 31.1 Å². The van der Waals surface area contributed by atoms with Crippen LogP contribution in [0.4, 0.5) is 18.9 Å². The third kappa shape index (κ3) is 6.22. The molecule has 6 nitrogen and oxygen atoms in total. The smallest absolute Gasteiger partial charge is 0.406 e. The topological polar surface area (TPSA) is 84.5 Å². The van der Waals surface area contributed by atoms with E-state index < -0.39 is 34.1 Å². The SMILES string of the molecule is CC(C)C(NS(=O)(=O)c1cccs1)C(=O)Nc1ccc(OC(F)(F)F)cc1. The van der Waals surface area contributed by atoms with Crippen molar-refractivity contribution >= 4 is 33.0 Å². The molecular formula is C16H17F3N2O4S2. The lowest BCUT2D eigenvalue weighted by Crippen LogP contribution is -2.46. The Kier molecular flexibility index (Phi) is 6.50. The Morgan fingerprint density at radius 2 is 1.78 bits per heavy atom. The first kappa shape index (κ1) is 21.2. The van der Waals surface area contributed by atoms with Gasteiger partial charge in [0.1, 0.15) is 16.0 Å². The minimum atomic E-state index is -4.81. The Morgan fingerprint density at radius 3 is 2.26 bits per heavy atom. The average molecular weight is 422 g/mol. The van der Waals surface area contributed by atoms with Crippen LogP contribution in [0.1, 0.15) is 13.8 Å². The number of benzene rings is 1. The summed E-state index contributed by atoms with van der Waals surface area (Å²) in [5.74, 6) is -1.43. The van der Waals surface area contributed by atoms with Gasteiger partial charge in [-0.1, -0.05) is 19.9 Å².